The second-order valence-electron chi connectivity index (χ2n) is 7.79. The Kier molecular flexibility index (Phi) is 5.79. The highest BCUT2D eigenvalue weighted by Crippen LogP contribution is 2.48. The molecule has 5 nitrogen and oxygen atoms in total. The predicted octanol–water partition coefficient (Wildman–Crippen LogP) is 2.95. The van der Waals surface area contributed by atoms with Gasteiger partial charge in [-0.05, 0) is 60.9 Å². The fourth-order valence-electron chi connectivity index (χ4n) is 3.46. The molecule has 0 heterocycles. The first-order valence-corrected chi connectivity index (χ1v) is 10.1. The number of carbonyl (C=O) groups excluding carboxylic acids is 2. The highest BCUT2D eigenvalue weighted by atomic mass is 19.1. The van der Waals surface area contributed by atoms with Gasteiger partial charge in [-0.2, -0.15) is 0 Å². The number of nitrogens with one attached hydrogen (secondary N) is 2. The SMILES string of the molecule is O=C(COc1ccc(CCNC(=O)C2CC2c2ccccc2F)cc1)NC1CC1. The molecule has 2 N–H and O–H groups in total. The van der Waals surface area contributed by atoms with E-state index in [0.29, 0.717) is 36.7 Å². The van der Waals surface area contributed by atoms with Gasteiger partial charge in [0.2, 0.25) is 5.91 Å². The van der Waals surface area contributed by atoms with Crippen molar-refractivity contribution in [2.45, 2.75) is 37.6 Å². The van der Waals surface area contributed by atoms with Gasteiger partial charge >= 0.3 is 0 Å². The quantitative estimate of drug-likeness (QED) is 0.685. The first-order valence-electron chi connectivity index (χ1n) is 10.1. The molecule has 2 aliphatic rings. The van der Waals surface area contributed by atoms with Gasteiger partial charge < -0.3 is 15.4 Å². The van der Waals surface area contributed by atoms with Crippen LogP contribution in [0.2, 0.25) is 0 Å². The van der Waals surface area contributed by atoms with E-state index in [9.17, 15) is 14.0 Å². The average Bonchev–Trinajstić information content (AvgIpc) is 3.63. The molecule has 6 heteroatoms. The molecular formula is C23H25FN2O3. The van der Waals surface area contributed by atoms with Gasteiger partial charge in [-0.15, -0.1) is 0 Å². The molecule has 2 aliphatic carbocycles. The zero-order valence-corrected chi connectivity index (χ0v) is 16.2. The topological polar surface area (TPSA) is 67.4 Å². The first-order chi connectivity index (χ1) is 14.1. The molecule has 2 unspecified atom stereocenters. The predicted molar refractivity (Wildman–Crippen MR) is 107 cm³/mol. The first kappa shape index (κ1) is 19.4. The summed E-state index contributed by atoms with van der Waals surface area (Å²) in [6.07, 6.45) is 3.52. The zero-order valence-electron chi connectivity index (χ0n) is 16.2. The average molecular weight is 396 g/mol. The molecule has 2 atom stereocenters. The molecular weight excluding hydrogens is 371 g/mol. The van der Waals surface area contributed by atoms with Crippen LogP contribution in [0.4, 0.5) is 4.39 Å². The standard InChI is InChI=1S/C23H25FN2O3/c24-21-4-2-1-3-18(21)19-13-20(19)23(28)25-12-11-15-5-9-17(10-6-15)29-14-22(27)26-16-7-8-16/h1-6,9-10,16,19-20H,7-8,11-14H2,(H,25,28)(H,26,27). The number of hydrogen-bond donors (Lipinski definition) is 2. The number of ether oxygens (including phenoxy) is 1. The van der Waals surface area contributed by atoms with Crippen LogP contribution in [0, 0.1) is 11.7 Å². The Hall–Kier alpha value is -2.89. The van der Waals surface area contributed by atoms with E-state index in [4.69, 9.17) is 4.74 Å². The summed E-state index contributed by atoms with van der Waals surface area (Å²) in [5.74, 6) is 0.164. The van der Waals surface area contributed by atoms with Crippen molar-refractivity contribution >= 4 is 11.8 Å². The van der Waals surface area contributed by atoms with E-state index in [1.807, 2.05) is 24.3 Å². The largest absolute Gasteiger partial charge is 0.484 e. The lowest BCUT2D eigenvalue weighted by Gasteiger charge is -2.08. The van der Waals surface area contributed by atoms with E-state index in [0.717, 1.165) is 18.4 Å². The summed E-state index contributed by atoms with van der Waals surface area (Å²) in [7, 11) is 0. The van der Waals surface area contributed by atoms with Crippen LogP contribution in [0.1, 0.15) is 36.3 Å². The molecule has 0 aliphatic heterocycles. The van der Waals surface area contributed by atoms with Crippen LogP contribution in [0.3, 0.4) is 0 Å². The smallest absolute Gasteiger partial charge is 0.258 e. The molecule has 4 rings (SSSR count). The van der Waals surface area contributed by atoms with Crippen LogP contribution in [0.5, 0.6) is 5.75 Å². The van der Waals surface area contributed by atoms with Crippen molar-refractivity contribution in [1.29, 1.82) is 0 Å². The minimum Gasteiger partial charge on any atom is -0.484 e. The van der Waals surface area contributed by atoms with Crippen LogP contribution < -0.4 is 15.4 Å². The maximum absolute atomic E-state index is 13.8. The van der Waals surface area contributed by atoms with Crippen LogP contribution in [0.25, 0.3) is 0 Å². The molecule has 2 aromatic rings. The fourth-order valence-corrected chi connectivity index (χ4v) is 3.46. The summed E-state index contributed by atoms with van der Waals surface area (Å²) >= 11 is 0. The highest BCUT2D eigenvalue weighted by Gasteiger charge is 2.44. The lowest BCUT2D eigenvalue weighted by Crippen LogP contribution is -2.30. The normalized spacial score (nSPS) is 20.0. The summed E-state index contributed by atoms with van der Waals surface area (Å²) in [5.41, 5.74) is 1.70. The molecule has 2 fully saturated rings. The van der Waals surface area contributed by atoms with Crippen LogP contribution in [0.15, 0.2) is 48.5 Å². The van der Waals surface area contributed by atoms with Crippen molar-refractivity contribution in [3.8, 4) is 5.75 Å². The molecule has 0 aromatic heterocycles. The molecule has 0 bridgehead atoms. The van der Waals surface area contributed by atoms with Gasteiger partial charge in [0.1, 0.15) is 11.6 Å². The van der Waals surface area contributed by atoms with E-state index in [1.54, 1.807) is 18.2 Å². The molecule has 2 aromatic carbocycles. The molecule has 0 radical (unpaired) electrons. The second kappa shape index (κ2) is 8.64. The fraction of sp³-hybridized carbons (Fsp3) is 0.391. The number of amides is 2. The Morgan fingerprint density at radius 1 is 1.07 bits per heavy atom. The second-order valence-corrected chi connectivity index (χ2v) is 7.79. The van der Waals surface area contributed by atoms with Crippen molar-refractivity contribution < 1.29 is 18.7 Å². The minimum atomic E-state index is -0.236. The number of carbonyl (C=O) groups is 2. The third kappa shape index (κ3) is 5.34. The van der Waals surface area contributed by atoms with Crippen molar-refractivity contribution in [2.75, 3.05) is 13.2 Å². The van der Waals surface area contributed by atoms with Crippen LogP contribution in [-0.4, -0.2) is 31.0 Å². The Morgan fingerprint density at radius 2 is 1.83 bits per heavy atom. The number of benzene rings is 2. The highest BCUT2D eigenvalue weighted by molar-refractivity contribution is 5.82. The molecule has 2 saturated carbocycles. The third-order valence-corrected chi connectivity index (χ3v) is 5.38. The van der Waals surface area contributed by atoms with Gasteiger partial charge in [-0.25, -0.2) is 4.39 Å². The number of rotatable bonds is 9. The van der Waals surface area contributed by atoms with Crippen molar-refractivity contribution in [3.63, 3.8) is 0 Å². The maximum atomic E-state index is 13.8. The lowest BCUT2D eigenvalue weighted by atomic mass is 10.1. The molecule has 29 heavy (non-hydrogen) atoms. The van der Waals surface area contributed by atoms with Crippen molar-refractivity contribution in [1.82, 2.24) is 10.6 Å². The van der Waals surface area contributed by atoms with Crippen molar-refractivity contribution in [3.05, 3.63) is 65.5 Å². The van der Waals surface area contributed by atoms with Gasteiger partial charge in [0.05, 0.1) is 0 Å². The van der Waals surface area contributed by atoms with E-state index >= 15 is 0 Å². The maximum Gasteiger partial charge on any atom is 0.258 e. The lowest BCUT2D eigenvalue weighted by molar-refractivity contribution is -0.123. The van der Waals surface area contributed by atoms with E-state index in [1.165, 1.54) is 6.07 Å². The monoisotopic (exact) mass is 396 g/mol. The van der Waals surface area contributed by atoms with E-state index < -0.39 is 0 Å². The molecule has 2 amide bonds. The number of halogens is 1. The molecule has 0 spiro atoms. The van der Waals surface area contributed by atoms with Gasteiger partial charge in [0.15, 0.2) is 6.61 Å². The van der Waals surface area contributed by atoms with Crippen LogP contribution in [-0.2, 0) is 16.0 Å². The van der Waals surface area contributed by atoms with Gasteiger partial charge in [-0.3, -0.25) is 9.59 Å². The van der Waals surface area contributed by atoms with Gasteiger partial charge in [0.25, 0.3) is 5.91 Å². The Bertz CT molecular complexity index is 880. The summed E-state index contributed by atoms with van der Waals surface area (Å²) < 4.78 is 19.3. The summed E-state index contributed by atoms with van der Waals surface area (Å²) in [6, 6.07) is 14.5. The Morgan fingerprint density at radius 3 is 2.55 bits per heavy atom. The third-order valence-electron chi connectivity index (χ3n) is 5.38. The van der Waals surface area contributed by atoms with Crippen LogP contribution >= 0.6 is 0 Å². The molecule has 0 saturated heterocycles. The van der Waals surface area contributed by atoms with Gasteiger partial charge in [0, 0.05) is 18.5 Å². The summed E-state index contributed by atoms with van der Waals surface area (Å²) in [4.78, 5) is 23.9. The summed E-state index contributed by atoms with van der Waals surface area (Å²) in [6.45, 7) is 0.555. The minimum absolute atomic E-state index is 0.00949. The van der Waals surface area contributed by atoms with E-state index in [2.05, 4.69) is 10.6 Å². The van der Waals surface area contributed by atoms with Gasteiger partial charge in [-0.1, -0.05) is 30.3 Å². The van der Waals surface area contributed by atoms with Crippen molar-refractivity contribution in [2.24, 2.45) is 5.92 Å². The Labute approximate surface area is 169 Å². The number of hydrogen-bond acceptors (Lipinski definition) is 3. The zero-order chi connectivity index (χ0) is 20.2. The Balaban J connectivity index is 1.16. The van der Waals surface area contributed by atoms with E-state index in [-0.39, 0.29) is 36.1 Å². The molecule has 152 valence electrons. The summed E-state index contributed by atoms with van der Waals surface area (Å²) in [5, 5.41) is 5.83.